The first kappa shape index (κ1) is 24.6. The molecule has 0 aromatic heterocycles. The minimum Gasteiger partial charge on any atom is -0.484 e. The van der Waals surface area contributed by atoms with Crippen LogP contribution in [0.1, 0.15) is 33.1 Å². The van der Waals surface area contributed by atoms with Gasteiger partial charge in [0.05, 0.1) is 6.67 Å². The van der Waals surface area contributed by atoms with E-state index in [1.807, 2.05) is 74.5 Å². The first-order valence-electron chi connectivity index (χ1n) is 12.3. The van der Waals surface area contributed by atoms with Gasteiger partial charge in [-0.1, -0.05) is 43.3 Å². The number of ether oxygens (including phenoxy) is 1. The van der Waals surface area contributed by atoms with Crippen LogP contribution in [0.25, 0.3) is 0 Å². The third kappa shape index (κ3) is 5.42. The van der Waals surface area contributed by atoms with Crippen molar-refractivity contribution >= 4 is 23.4 Å². The second-order valence-corrected chi connectivity index (χ2v) is 9.30. The molecule has 35 heavy (non-hydrogen) atoms. The lowest BCUT2D eigenvalue weighted by Gasteiger charge is -2.43. The summed E-state index contributed by atoms with van der Waals surface area (Å²) in [5.74, 6) is 0.365. The molecule has 186 valence electrons. The Morgan fingerprint density at radius 2 is 1.66 bits per heavy atom. The zero-order chi connectivity index (χ0) is 24.8. The van der Waals surface area contributed by atoms with Crippen LogP contribution in [0.15, 0.2) is 60.7 Å². The molecule has 0 bridgehead atoms. The Kier molecular flexibility index (Phi) is 7.58. The van der Waals surface area contributed by atoms with Crippen LogP contribution in [0.5, 0.6) is 5.75 Å². The van der Waals surface area contributed by atoms with E-state index in [2.05, 4.69) is 10.2 Å². The summed E-state index contributed by atoms with van der Waals surface area (Å²) < 4.78 is 5.63. The number of benzene rings is 2. The van der Waals surface area contributed by atoms with Gasteiger partial charge in [0.2, 0.25) is 5.91 Å². The second-order valence-electron chi connectivity index (χ2n) is 9.30. The lowest BCUT2D eigenvalue weighted by molar-refractivity contribution is -0.140. The van der Waals surface area contributed by atoms with E-state index in [1.165, 1.54) is 0 Å². The van der Waals surface area contributed by atoms with Crippen molar-refractivity contribution in [2.75, 3.05) is 37.8 Å². The highest BCUT2D eigenvalue weighted by Crippen LogP contribution is 2.39. The average molecular weight is 479 g/mol. The molecule has 3 amide bonds. The summed E-state index contributed by atoms with van der Waals surface area (Å²) in [6.45, 7) is 5.23. The fourth-order valence-corrected chi connectivity index (χ4v) is 4.80. The number of hydrogen-bond donors (Lipinski definition) is 1. The van der Waals surface area contributed by atoms with E-state index in [4.69, 9.17) is 4.74 Å². The van der Waals surface area contributed by atoms with Gasteiger partial charge in [-0.15, -0.1) is 0 Å². The predicted octanol–water partition coefficient (Wildman–Crippen LogP) is 2.65. The normalized spacial score (nSPS) is 18.0. The van der Waals surface area contributed by atoms with Crippen molar-refractivity contribution in [1.82, 2.24) is 15.1 Å². The molecular weight excluding hydrogens is 444 g/mol. The van der Waals surface area contributed by atoms with E-state index in [0.29, 0.717) is 38.3 Å². The summed E-state index contributed by atoms with van der Waals surface area (Å²) in [6, 6.07) is 19.1. The number of nitrogens with zero attached hydrogens (tertiary/aromatic N) is 3. The molecule has 2 aromatic rings. The summed E-state index contributed by atoms with van der Waals surface area (Å²) in [7, 11) is 0. The molecule has 2 fully saturated rings. The SMILES string of the molecule is CCC(C)NC(=O)CN1CN(c2ccccc2)C2(CCN(C(=O)COc3ccccc3)CC2)C1=O. The number of para-hydroxylation sites is 2. The van der Waals surface area contributed by atoms with Gasteiger partial charge in [-0.05, 0) is 50.5 Å². The average Bonchev–Trinajstić information content (AvgIpc) is 3.14. The molecule has 2 aromatic carbocycles. The number of amides is 3. The Labute approximate surface area is 206 Å². The minimum atomic E-state index is -0.769. The van der Waals surface area contributed by atoms with E-state index in [-0.39, 0.29) is 36.9 Å². The molecule has 1 atom stereocenters. The van der Waals surface area contributed by atoms with Crippen molar-refractivity contribution in [1.29, 1.82) is 0 Å². The first-order chi connectivity index (χ1) is 16.9. The second kappa shape index (κ2) is 10.8. The van der Waals surface area contributed by atoms with Gasteiger partial charge in [0.15, 0.2) is 6.61 Å². The number of carbonyl (C=O) groups is 3. The van der Waals surface area contributed by atoms with Crippen LogP contribution in [0.4, 0.5) is 5.69 Å². The van der Waals surface area contributed by atoms with E-state index in [9.17, 15) is 14.4 Å². The number of piperidine rings is 1. The molecule has 1 N–H and O–H groups in total. The van der Waals surface area contributed by atoms with Gasteiger partial charge in [-0.25, -0.2) is 0 Å². The van der Waals surface area contributed by atoms with E-state index in [1.54, 1.807) is 9.80 Å². The molecule has 0 radical (unpaired) electrons. The molecule has 8 nitrogen and oxygen atoms in total. The fourth-order valence-electron chi connectivity index (χ4n) is 4.80. The third-order valence-corrected chi connectivity index (χ3v) is 6.99. The van der Waals surface area contributed by atoms with Crippen molar-refractivity contribution in [2.24, 2.45) is 0 Å². The minimum absolute atomic E-state index is 0.0296. The van der Waals surface area contributed by atoms with Crippen molar-refractivity contribution in [3.8, 4) is 5.75 Å². The van der Waals surface area contributed by atoms with Crippen molar-refractivity contribution in [2.45, 2.75) is 44.7 Å². The Morgan fingerprint density at radius 3 is 2.29 bits per heavy atom. The zero-order valence-electron chi connectivity index (χ0n) is 20.5. The molecule has 2 saturated heterocycles. The van der Waals surface area contributed by atoms with Gasteiger partial charge in [0.25, 0.3) is 11.8 Å². The molecule has 1 unspecified atom stereocenters. The Balaban J connectivity index is 1.45. The van der Waals surface area contributed by atoms with Crippen LogP contribution < -0.4 is 15.0 Å². The summed E-state index contributed by atoms with van der Waals surface area (Å²) >= 11 is 0. The lowest BCUT2D eigenvalue weighted by Crippen LogP contribution is -2.58. The molecule has 1 spiro atoms. The van der Waals surface area contributed by atoms with Crippen LogP contribution in [0.3, 0.4) is 0 Å². The largest absolute Gasteiger partial charge is 0.484 e. The quantitative estimate of drug-likeness (QED) is 0.631. The maximum Gasteiger partial charge on any atom is 0.260 e. The standard InChI is InChI=1S/C27H34N4O4/c1-3-21(2)28-24(32)18-30-20-31(22-10-6-4-7-11-22)27(26(30)34)14-16-29(17-15-27)25(33)19-35-23-12-8-5-9-13-23/h4-13,21H,3,14-20H2,1-2H3,(H,28,32). The third-order valence-electron chi connectivity index (χ3n) is 6.99. The zero-order valence-corrected chi connectivity index (χ0v) is 20.5. The molecule has 0 aliphatic carbocycles. The molecule has 8 heteroatoms. The van der Waals surface area contributed by atoms with Crippen LogP contribution in [0.2, 0.25) is 0 Å². The van der Waals surface area contributed by atoms with Crippen LogP contribution >= 0.6 is 0 Å². The summed E-state index contributed by atoms with van der Waals surface area (Å²) in [5.41, 5.74) is 0.174. The van der Waals surface area contributed by atoms with Gasteiger partial charge in [-0.2, -0.15) is 0 Å². The summed E-state index contributed by atoms with van der Waals surface area (Å²) in [5, 5.41) is 2.95. The van der Waals surface area contributed by atoms with E-state index >= 15 is 0 Å². The smallest absolute Gasteiger partial charge is 0.260 e. The van der Waals surface area contributed by atoms with Gasteiger partial charge < -0.3 is 24.8 Å². The Morgan fingerprint density at radius 1 is 1.03 bits per heavy atom. The van der Waals surface area contributed by atoms with Gasteiger partial charge >= 0.3 is 0 Å². The predicted molar refractivity (Wildman–Crippen MR) is 134 cm³/mol. The van der Waals surface area contributed by atoms with Gasteiger partial charge in [-0.3, -0.25) is 14.4 Å². The summed E-state index contributed by atoms with van der Waals surface area (Å²) in [6.07, 6.45) is 1.83. The highest BCUT2D eigenvalue weighted by Gasteiger charge is 2.54. The molecule has 2 aliphatic heterocycles. The number of nitrogens with one attached hydrogen (secondary N) is 1. The van der Waals surface area contributed by atoms with Crippen LogP contribution in [0, 0.1) is 0 Å². The Hall–Kier alpha value is -3.55. The molecular formula is C27H34N4O4. The highest BCUT2D eigenvalue weighted by molar-refractivity contribution is 5.96. The Bertz CT molecular complexity index is 1020. The molecule has 0 saturated carbocycles. The maximum absolute atomic E-state index is 13.7. The van der Waals surface area contributed by atoms with E-state index in [0.717, 1.165) is 12.1 Å². The van der Waals surface area contributed by atoms with Crippen molar-refractivity contribution in [3.05, 3.63) is 60.7 Å². The molecule has 4 rings (SSSR count). The highest BCUT2D eigenvalue weighted by atomic mass is 16.5. The molecule has 2 aliphatic rings. The van der Waals surface area contributed by atoms with Crippen molar-refractivity contribution < 1.29 is 19.1 Å². The number of carbonyl (C=O) groups excluding carboxylic acids is 3. The van der Waals surface area contributed by atoms with Gasteiger partial charge in [0.1, 0.15) is 17.8 Å². The lowest BCUT2D eigenvalue weighted by atomic mass is 9.85. The number of hydrogen-bond acceptors (Lipinski definition) is 5. The van der Waals surface area contributed by atoms with E-state index < -0.39 is 5.54 Å². The topological polar surface area (TPSA) is 82.2 Å². The van der Waals surface area contributed by atoms with Crippen LogP contribution in [-0.2, 0) is 14.4 Å². The number of anilines is 1. The number of likely N-dealkylation sites (tertiary alicyclic amines) is 1. The van der Waals surface area contributed by atoms with Crippen molar-refractivity contribution in [3.63, 3.8) is 0 Å². The number of rotatable bonds is 8. The maximum atomic E-state index is 13.7. The summed E-state index contributed by atoms with van der Waals surface area (Å²) in [4.78, 5) is 44.6. The monoisotopic (exact) mass is 478 g/mol. The van der Waals surface area contributed by atoms with Crippen LogP contribution in [-0.4, -0.2) is 72.0 Å². The van der Waals surface area contributed by atoms with Gasteiger partial charge in [0, 0.05) is 24.8 Å². The fraction of sp³-hybridized carbons (Fsp3) is 0.444. The first-order valence-corrected chi connectivity index (χ1v) is 12.3. The molecule has 2 heterocycles.